The minimum atomic E-state index is -3.65. The predicted molar refractivity (Wildman–Crippen MR) is 86.0 cm³/mol. The van der Waals surface area contributed by atoms with Crippen molar-refractivity contribution >= 4 is 21.6 Å². The van der Waals surface area contributed by atoms with Crippen LogP contribution in [0.15, 0.2) is 53.4 Å². The first-order valence-corrected chi connectivity index (χ1v) is 8.60. The fourth-order valence-electron chi connectivity index (χ4n) is 2.05. The van der Waals surface area contributed by atoms with Crippen molar-refractivity contribution in [3.05, 3.63) is 64.7 Å². The lowest BCUT2D eigenvalue weighted by atomic mass is 10.1. The molecule has 0 bridgehead atoms. The van der Waals surface area contributed by atoms with Crippen LogP contribution in [0.3, 0.4) is 0 Å². The van der Waals surface area contributed by atoms with E-state index in [-0.39, 0.29) is 10.9 Å². The molecule has 1 atom stereocenters. The summed E-state index contributed by atoms with van der Waals surface area (Å²) >= 11 is 5.85. The van der Waals surface area contributed by atoms with E-state index in [1.54, 1.807) is 24.3 Å². The number of hydrogen-bond donors (Lipinski definition) is 1. The van der Waals surface area contributed by atoms with Crippen LogP contribution in [-0.4, -0.2) is 8.42 Å². The van der Waals surface area contributed by atoms with Gasteiger partial charge in [-0.25, -0.2) is 13.1 Å². The molecule has 22 heavy (non-hydrogen) atoms. The van der Waals surface area contributed by atoms with Gasteiger partial charge in [-0.15, -0.1) is 0 Å². The second-order valence-corrected chi connectivity index (χ2v) is 6.92. The zero-order valence-electron chi connectivity index (χ0n) is 12.0. The van der Waals surface area contributed by atoms with Crippen molar-refractivity contribution in [2.24, 2.45) is 0 Å². The summed E-state index contributed by atoms with van der Waals surface area (Å²) in [5, 5.41) is 9.37. The van der Waals surface area contributed by atoms with E-state index in [0.29, 0.717) is 17.0 Å². The fourth-order valence-corrected chi connectivity index (χ4v) is 3.48. The van der Waals surface area contributed by atoms with E-state index in [1.165, 1.54) is 24.3 Å². The lowest BCUT2D eigenvalue weighted by Crippen LogP contribution is -2.28. The summed E-state index contributed by atoms with van der Waals surface area (Å²) in [6.07, 6.45) is 0.608. The molecule has 0 aliphatic heterocycles. The molecule has 1 unspecified atom stereocenters. The van der Waals surface area contributed by atoms with E-state index in [9.17, 15) is 8.42 Å². The highest BCUT2D eigenvalue weighted by molar-refractivity contribution is 7.89. The molecular weight excluding hydrogens is 320 g/mol. The number of nitrogens with zero attached hydrogens (tertiary/aromatic N) is 1. The predicted octanol–water partition coefficient (Wildman–Crippen LogP) is 3.64. The van der Waals surface area contributed by atoms with Gasteiger partial charge in [0.15, 0.2) is 0 Å². The molecule has 0 amide bonds. The molecule has 2 rings (SSSR count). The van der Waals surface area contributed by atoms with Crippen LogP contribution in [0.4, 0.5) is 0 Å². The van der Waals surface area contributed by atoms with Gasteiger partial charge < -0.3 is 0 Å². The Bertz CT molecular complexity index is 778. The molecule has 0 saturated heterocycles. The highest BCUT2D eigenvalue weighted by Gasteiger charge is 2.20. The molecule has 2 aromatic carbocycles. The molecule has 0 heterocycles. The molecule has 0 radical (unpaired) electrons. The van der Waals surface area contributed by atoms with Gasteiger partial charge in [-0.3, -0.25) is 0 Å². The maximum atomic E-state index is 12.4. The average Bonchev–Trinajstić information content (AvgIpc) is 2.53. The molecule has 0 aliphatic carbocycles. The lowest BCUT2D eigenvalue weighted by Gasteiger charge is -2.17. The van der Waals surface area contributed by atoms with Gasteiger partial charge in [0.2, 0.25) is 10.0 Å². The zero-order chi connectivity index (χ0) is 16.2. The van der Waals surface area contributed by atoms with Crippen molar-refractivity contribution in [3.8, 4) is 6.07 Å². The van der Waals surface area contributed by atoms with Crippen molar-refractivity contribution in [1.82, 2.24) is 4.72 Å². The van der Waals surface area contributed by atoms with E-state index >= 15 is 0 Å². The maximum Gasteiger partial charge on any atom is 0.241 e. The SMILES string of the molecule is CCC(NS(=O)(=O)c1ccc(C#N)cc1)c1ccc(Cl)cc1. The Kier molecular flexibility index (Phi) is 5.19. The summed E-state index contributed by atoms with van der Waals surface area (Å²) in [6, 6.07) is 14.5. The fraction of sp³-hybridized carbons (Fsp3) is 0.188. The van der Waals surface area contributed by atoms with Crippen LogP contribution in [0.5, 0.6) is 0 Å². The number of nitriles is 1. The van der Waals surface area contributed by atoms with Gasteiger partial charge in [0, 0.05) is 11.1 Å². The minimum absolute atomic E-state index is 0.138. The Morgan fingerprint density at radius 3 is 2.23 bits per heavy atom. The van der Waals surface area contributed by atoms with Crippen LogP contribution in [0.25, 0.3) is 0 Å². The molecule has 0 fully saturated rings. The summed E-state index contributed by atoms with van der Waals surface area (Å²) in [7, 11) is -3.65. The molecule has 0 spiro atoms. The average molecular weight is 335 g/mol. The number of benzene rings is 2. The monoisotopic (exact) mass is 334 g/mol. The minimum Gasteiger partial charge on any atom is -0.207 e. The van der Waals surface area contributed by atoms with Crippen LogP contribution in [0.2, 0.25) is 5.02 Å². The van der Waals surface area contributed by atoms with Gasteiger partial charge in [0.1, 0.15) is 0 Å². The van der Waals surface area contributed by atoms with Crippen molar-refractivity contribution in [3.63, 3.8) is 0 Å². The van der Waals surface area contributed by atoms with Crippen LogP contribution >= 0.6 is 11.6 Å². The first kappa shape index (κ1) is 16.5. The summed E-state index contributed by atoms with van der Waals surface area (Å²) in [5.41, 5.74) is 1.27. The van der Waals surface area contributed by atoms with E-state index in [1.807, 2.05) is 13.0 Å². The molecule has 4 nitrogen and oxygen atoms in total. The first-order valence-electron chi connectivity index (χ1n) is 6.74. The summed E-state index contributed by atoms with van der Waals surface area (Å²) < 4.78 is 27.5. The van der Waals surface area contributed by atoms with E-state index < -0.39 is 10.0 Å². The second kappa shape index (κ2) is 6.93. The van der Waals surface area contributed by atoms with Gasteiger partial charge >= 0.3 is 0 Å². The summed E-state index contributed by atoms with van der Waals surface area (Å²) in [4.78, 5) is 0.138. The van der Waals surface area contributed by atoms with Crippen molar-refractivity contribution in [2.45, 2.75) is 24.3 Å². The number of halogens is 1. The highest BCUT2D eigenvalue weighted by Crippen LogP contribution is 2.22. The molecule has 2 aromatic rings. The quantitative estimate of drug-likeness (QED) is 0.907. The van der Waals surface area contributed by atoms with E-state index in [0.717, 1.165) is 5.56 Å². The van der Waals surface area contributed by atoms with Gasteiger partial charge in [-0.1, -0.05) is 30.7 Å². The normalized spacial score (nSPS) is 12.6. The number of hydrogen-bond acceptors (Lipinski definition) is 3. The lowest BCUT2D eigenvalue weighted by molar-refractivity contribution is 0.550. The Morgan fingerprint density at radius 1 is 1.14 bits per heavy atom. The Balaban J connectivity index is 2.25. The second-order valence-electron chi connectivity index (χ2n) is 4.77. The number of nitrogens with one attached hydrogen (secondary N) is 1. The van der Waals surface area contributed by atoms with Gasteiger partial charge in [-0.05, 0) is 48.4 Å². The largest absolute Gasteiger partial charge is 0.241 e. The van der Waals surface area contributed by atoms with Gasteiger partial charge in [0.25, 0.3) is 0 Å². The third-order valence-electron chi connectivity index (χ3n) is 3.27. The summed E-state index contributed by atoms with van der Waals surface area (Å²) in [5.74, 6) is 0. The first-order chi connectivity index (χ1) is 10.5. The van der Waals surface area contributed by atoms with E-state index in [2.05, 4.69) is 4.72 Å². The van der Waals surface area contributed by atoms with Crippen molar-refractivity contribution < 1.29 is 8.42 Å². The Hall–Kier alpha value is -1.87. The molecule has 0 aromatic heterocycles. The zero-order valence-corrected chi connectivity index (χ0v) is 13.5. The Morgan fingerprint density at radius 2 is 1.73 bits per heavy atom. The Labute approximate surface area is 135 Å². The van der Waals surface area contributed by atoms with Crippen LogP contribution in [0, 0.1) is 11.3 Å². The van der Waals surface area contributed by atoms with Crippen LogP contribution in [-0.2, 0) is 10.0 Å². The maximum absolute atomic E-state index is 12.4. The van der Waals surface area contributed by atoms with Crippen molar-refractivity contribution in [2.75, 3.05) is 0 Å². The standard InChI is InChI=1S/C16H15ClN2O2S/c1-2-16(13-5-7-14(17)8-6-13)19-22(20,21)15-9-3-12(11-18)4-10-15/h3-10,16,19H,2H2,1H3. The summed E-state index contributed by atoms with van der Waals surface area (Å²) in [6.45, 7) is 1.90. The molecule has 114 valence electrons. The third kappa shape index (κ3) is 3.86. The van der Waals surface area contributed by atoms with Gasteiger partial charge in [-0.2, -0.15) is 5.26 Å². The van der Waals surface area contributed by atoms with Crippen LogP contribution < -0.4 is 4.72 Å². The third-order valence-corrected chi connectivity index (χ3v) is 5.01. The number of rotatable bonds is 5. The topological polar surface area (TPSA) is 70.0 Å². The molecule has 0 aliphatic rings. The number of sulfonamides is 1. The van der Waals surface area contributed by atoms with Crippen LogP contribution in [0.1, 0.15) is 30.5 Å². The van der Waals surface area contributed by atoms with Crippen molar-refractivity contribution in [1.29, 1.82) is 5.26 Å². The van der Waals surface area contributed by atoms with E-state index in [4.69, 9.17) is 16.9 Å². The molecule has 0 saturated carbocycles. The highest BCUT2D eigenvalue weighted by atomic mass is 35.5. The molecular formula is C16H15ClN2O2S. The smallest absolute Gasteiger partial charge is 0.207 e. The van der Waals surface area contributed by atoms with Gasteiger partial charge in [0.05, 0.1) is 16.5 Å². The molecule has 6 heteroatoms. The molecule has 1 N–H and O–H groups in total.